The highest BCUT2D eigenvalue weighted by atomic mass is 16.5. The van der Waals surface area contributed by atoms with Crippen molar-refractivity contribution in [3.63, 3.8) is 0 Å². The van der Waals surface area contributed by atoms with Gasteiger partial charge in [0.25, 0.3) is 0 Å². The fourth-order valence-electron chi connectivity index (χ4n) is 11.2. The molecule has 0 aromatic carbocycles. The van der Waals surface area contributed by atoms with Gasteiger partial charge in [0, 0.05) is 18.4 Å². The fourth-order valence-corrected chi connectivity index (χ4v) is 11.2. The van der Waals surface area contributed by atoms with E-state index in [1.54, 1.807) is 14.0 Å². The van der Waals surface area contributed by atoms with Crippen molar-refractivity contribution in [1.82, 2.24) is 0 Å². The third-order valence-corrected chi connectivity index (χ3v) is 13.9. The highest BCUT2D eigenvalue weighted by Crippen LogP contribution is 2.76. The van der Waals surface area contributed by atoms with Crippen LogP contribution in [0.25, 0.3) is 0 Å². The Morgan fingerprint density at radius 3 is 2.16 bits per heavy atom. The van der Waals surface area contributed by atoms with E-state index in [2.05, 4.69) is 41.5 Å². The van der Waals surface area contributed by atoms with Crippen LogP contribution in [0, 0.1) is 56.7 Å². The first-order valence-electron chi connectivity index (χ1n) is 14.6. The molecule has 0 radical (unpaired) electrons. The molecule has 6 heteroatoms. The Morgan fingerprint density at radius 2 is 1.57 bits per heavy atom. The molecule has 5 aliphatic carbocycles. The van der Waals surface area contributed by atoms with Crippen LogP contribution < -0.4 is 0 Å². The molecule has 5 rings (SSSR count). The van der Waals surface area contributed by atoms with Crippen LogP contribution in [0.5, 0.6) is 0 Å². The van der Waals surface area contributed by atoms with Gasteiger partial charge in [0.05, 0.1) is 17.6 Å². The van der Waals surface area contributed by atoms with Crippen LogP contribution in [0.4, 0.5) is 0 Å². The number of aliphatic hydroxyl groups excluding tert-OH is 3. The predicted molar refractivity (Wildman–Crippen MR) is 142 cm³/mol. The van der Waals surface area contributed by atoms with Gasteiger partial charge >= 0.3 is 5.97 Å². The Labute approximate surface area is 222 Å². The van der Waals surface area contributed by atoms with Crippen molar-refractivity contribution in [3.8, 4) is 0 Å². The highest BCUT2D eigenvalue weighted by Gasteiger charge is 2.73. The number of rotatable bonds is 2. The molecule has 4 N–H and O–H groups in total. The monoisotopic (exact) mass is 518 g/mol. The van der Waals surface area contributed by atoms with E-state index in [1.807, 2.05) is 0 Å². The second kappa shape index (κ2) is 8.20. The fraction of sp³-hybridized carbons (Fsp3) is 0.903. The van der Waals surface area contributed by atoms with Crippen molar-refractivity contribution in [2.75, 3.05) is 7.11 Å². The van der Waals surface area contributed by atoms with Gasteiger partial charge in [-0.15, -0.1) is 0 Å². The number of allylic oxidation sites excluding steroid dienone is 1. The van der Waals surface area contributed by atoms with Crippen LogP contribution >= 0.6 is 0 Å². The minimum absolute atomic E-state index is 0.0726. The summed E-state index contributed by atoms with van der Waals surface area (Å²) in [5, 5.41) is 44.9. The molecule has 0 aromatic heterocycles. The van der Waals surface area contributed by atoms with Crippen molar-refractivity contribution >= 4 is 5.97 Å². The second-order valence-corrected chi connectivity index (χ2v) is 15.0. The molecule has 0 heterocycles. The van der Waals surface area contributed by atoms with Crippen molar-refractivity contribution in [3.05, 3.63) is 11.3 Å². The maximum atomic E-state index is 12.6. The van der Waals surface area contributed by atoms with E-state index in [1.165, 1.54) is 0 Å². The minimum Gasteiger partial charge on any atom is -0.510 e. The van der Waals surface area contributed by atoms with E-state index in [4.69, 9.17) is 4.74 Å². The summed E-state index contributed by atoms with van der Waals surface area (Å²) in [6, 6.07) is 0. The topological polar surface area (TPSA) is 107 Å². The lowest BCUT2D eigenvalue weighted by Gasteiger charge is -2.72. The number of aliphatic carboxylic acids is 1. The molecule has 0 saturated heterocycles. The average Bonchev–Trinajstić information content (AvgIpc) is 2.82. The number of ether oxygens (including phenoxy) is 1. The zero-order valence-corrected chi connectivity index (χ0v) is 24.2. The van der Waals surface area contributed by atoms with Gasteiger partial charge in [-0.1, -0.05) is 41.5 Å². The zero-order valence-electron chi connectivity index (χ0n) is 24.2. The summed E-state index contributed by atoms with van der Waals surface area (Å²) in [5.74, 6) is -0.122. The third-order valence-electron chi connectivity index (χ3n) is 13.9. The molecule has 0 bridgehead atoms. The second-order valence-electron chi connectivity index (χ2n) is 15.0. The number of fused-ring (bicyclic) bond motifs is 7. The number of carboxylic acid groups (broad SMARTS) is 1. The molecule has 6 nitrogen and oxygen atoms in total. The number of hydrogen-bond donors (Lipinski definition) is 4. The third kappa shape index (κ3) is 3.07. The van der Waals surface area contributed by atoms with Gasteiger partial charge < -0.3 is 25.2 Å². The van der Waals surface area contributed by atoms with Gasteiger partial charge in [0.1, 0.15) is 11.9 Å². The largest absolute Gasteiger partial charge is 0.510 e. The van der Waals surface area contributed by atoms with E-state index in [-0.39, 0.29) is 34.0 Å². The van der Waals surface area contributed by atoms with E-state index in [0.717, 1.165) is 37.7 Å². The van der Waals surface area contributed by atoms with Gasteiger partial charge in [0.2, 0.25) is 0 Å². The first-order valence-corrected chi connectivity index (χ1v) is 14.6. The summed E-state index contributed by atoms with van der Waals surface area (Å²) in [6.07, 6.45) is 3.51. The zero-order chi connectivity index (χ0) is 27.5. The average molecular weight is 519 g/mol. The first kappa shape index (κ1) is 27.5. The molecule has 4 saturated carbocycles. The molecule has 37 heavy (non-hydrogen) atoms. The lowest BCUT2D eigenvalue weighted by atomic mass is 9.32. The molecular weight excluding hydrogens is 468 g/mol. The summed E-state index contributed by atoms with van der Waals surface area (Å²) in [6.45, 7) is 15.4. The quantitative estimate of drug-likeness (QED) is 0.381. The standard InChI is InChI=1S/C31H50O6/c1-16-15-20(33)28(4)13-14-29(5)22(21(28)17(16)2)23(34)24(37-8)25-27(3)11-10-19(32)31(7,26(35)36)18(27)9-12-30(25,29)6/h16-21,24-25,32-34H,9-15H2,1-8H3,(H,35,36)/t16-,17+,18-,19+,20+,21+,24-,25-,27+,28+,29-,30-,31+/m1/s1. The molecule has 0 unspecified atom stereocenters. The molecule has 5 aliphatic rings. The van der Waals surface area contributed by atoms with Crippen molar-refractivity contribution < 1.29 is 30.0 Å². The number of carboxylic acids is 1. The van der Waals surface area contributed by atoms with Crippen LogP contribution in [0.1, 0.15) is 93.4 Å². The number of carbonyl (C=O) groups is 1. The Balaban J connectivity index is 1.72. The first-order chi connectivity index (χ1) is 17.1. The van der Waals surface area contributed by atoms with E-state index >= 15 is 0 Å². The lowest BCUT2D eigenvalue weighted by Crippen LogP contribution is -2.70. The van der Waals surface area contributed by atoms with E-state index in [9.17, 15) is 25.2 Å². The summed E-state index contributed by atoms with van der Waals surface area (Å²) >= 11 is 0. The lowest BCUT2D eigenvalue weighted by molar-refractivity contribution is -0.245. The highest BCUT2D eigenvalue weighted by molar-refractivity contribution is 5.76. The molecular formula is C31H50O6. The summed E-state index contributed by atoms with van der Waals surface area (Å²) in [5.41, 5.74) is -1.31. The molecule has 0 aliphatic heterocycles. The molecule has 0 aromatic rings. The van der Waals surface area contributed by atoms with Crippen molar-refractivity contribution in [1.29, 1.82) is 0 Å². The summed E-state index contributed by atoms with van der Waals surface area (Å²) in [7, 11) is 1.68. The van der Waals surface area contributed by atoms with E-state index in [0.29, 0.717) is 30.4 Å². The van der Waals surface area contributed by atoms with Crippen molar-refractivity contribution in [2.45, 2.75) is 112 Å². The van der Waals surface area contributed by atoms with Gasteiger partial charge in [-0.2, -0.15) is 0 Å². The Hall–Kier alpha value is -1.11. The maximum Gasteiger partial charge on any atom is 0.312 e. The van der Waals surface area contributed by atoms with Crippen LogP contribution in [-0.2, 0) is 9.53 Å². The molecule has 0 spiro atoms. The Kier molecular flexibility index (Phi) is 6.09. The molecule has 13 atom stereocenters. The summed E-state index contributed by atoms with van der Waals surface area (Å²) < 4.78 is 6.22. The van der Waals surface area contributed by atoms with Gasteiger partial charge in [-0.3, -0.25) is 4.79 Å². The normalized spacial score (nSPS) is 57.6. The van der Waals surface area contributed by atoms with Crippen molar-refractivity contribution in [2.24, 2.45) is 56.7 Å². The molecule has 0 amide bonds. The Morgan fingerprint density at radius 1 is 0.919 bits per heavy atom. The van der Waals surface area contributed by atoms with Gasteiger partial charge in [-0.05, 0) is 97.4 Å². The van der Waals surface area contributed by atoms with Crippen LogP contribution in [0.3, 0.4) is 0 Å². The van der Waals surface area contributed by atoms with Gasteiger partial charge in [-0.25, -0.2) is 0 Å². The van der Waals surface area contributed by atoms with Crippen LogP contribution in [0.15, 0.2) is 11.3 Å². The number of hydrogen-bond acceptors (Lipinski definition) is 5. The number of aliphatic hydroxyl groups is 3. The molecule has 210 valence electrons. The summed E-state index contributed by atoms with van der Waals surface area (Å²) in [4.78, 5) is 12.6. The predicted octanol–water partition coefficient (Wildman–Crippen LogP) is 5.57. The molecule has 4 fully saturated rings. The van der Waals surface area contributed by atoms with E-state index < -0.39 is 35.1 Å². The number of methoxy groups -OCH3 is 1. The van der Waals surface area contributed by atoms with Crippen LogP contribution in [-0.4, -0.2) is 51.8 Å². The Bertz CT molecular complexity index is 1010. The van der Waals surface area contributed by atoms with Gasteiger partial charge in [0.15, 0.2) is 0 Å². The maximum absolute atomic E-state index is 12.6. The SMILES string of the molecule is CO[C@@H]1C(O)=C2[C@@H]3[C@@H](C)[C@H](C)C[C@H](O)[C@]3(C)CC[C@@]2(C)[C@]2(C)CC[C@@H]3[C@](C)(CC[C@H](O)[C@@]3(C)C(=O)O)[C@@H]12. The smallest absolute Gasteiger partial charge is 0.312 e. The minimum atomic E-state index is -1.23. The van der Waals surface area contributed by atoms with Crippen LogP contribution in [0.2, 0.25) is 0 Å².